The summed E-state index contributed by atoms with van der Waals surface area (Å²) in [6, 6.07) is 0. The van der Waals surface area contributed by atoms with Gasteiger partial charge in [0.25, 0.3) is 0 Å². The quantitative estimate of drug-likeness (QED) is 0.0262. The van der Waals surface area contributed by atoms with E-state index in [0.717, 1.165) is 96.3 Å². The summed E-state index contributed by atoms with van der Waals surface area (Å²) >= 11 is 0. The number of unbranched alkanes of at least 4 members (excludes halogenated alkanes) is 25. The molecule has 0 aliphatic carbocycles. The van der Waals surface area contributed by atoms with Crippen molar-refractivity contribution in [2.75, 3.05) is 13.2 Å². The normalized spacial score (nSPS) is 13.0. The lowest BCUT2D eigenvalue weighted by atomic mass is 10.0. The third kappa shape index (κ3) is 52.8. The van der Waals surface area contributed by atoms with Gasteiger partial charge in [0, 0.05) is 19.3 Å². The Balaban J connectivity index is 4.51. The molecule has 384 valence electrons. The van der Waals surface area contributed by atoms with Crippen molar-refractivity contribution in [3.8, 4) is 0 Å². The Bertz CT molecular complexity index is 1450. The molecule has 1 unspecified atom stereocenters. The molecule has 0 spiro atoms. The Morgan fingerprint density at radius 1 is 0.309 bits per heavy atom. The van der Waals surface area contributed by atoms with Gasteiger partial charge in [0.2, 0.25) is 0 Å². The second-order valence-corrected chi connectivity index (χ2v) is 18.0. The lowest BCUT2D eigenvalue weighted by Gasteiger charge is -2.18. The van der Waals surface area contributed by atoms with Crippen LogP contribution in [0.5, 0.6) is 0 Å². The summed E-state index contributed by atoms with van der Waals surface area (Å²) in [5, 5.41) is 0. The first-order valence-electron chi connectivity index (χ1n) is 27.7. The molecule has 0 aliphatic rings. The average Bonchev–Trinajstić information content (AvgIpc) is 3.34. The number of ether oxygens (including phenoxy) is 3. The van der Waals surface area contributed by atoms with Crippen molar-refractivity contribution in [3.63, 3.8) is 0 Å². The molecular weight excluding hydrogens is 841 g/mol. The fourth-order valence-corrected chi connectivity index (χ4v) is 7.32. The molecule has 0 bridgehead atoms. The van der Waals surface area contributed by atoms with Crippen LogP contribution in [-0.4, -0.2) is 37.2 Å². The highest BCUT2D eigenvalue weighted by Crippen LogP contribution is 2.15. The maximum atomic E-state index is 12.9. The van der Waals surface area contributed by atoms with Crippen LogP contribution in [0.25, 0.3) is 0 Å². The number of rotatable bonds is 48. The van der Waals surface area contributed by atoms with Crippen LogP contribution in [0.3, 0.4) is 0 Å². The number of hydrogen-bond acceptors (Lipinski definition) is 6. The Hall–Kier alpha value is -4.19. The minimum absolute atomic E-state index is 0.107. The standard InChI is InChI=1S/C62H100O6/c1-4-7-10-13-16-19-22-25-28-30-32-34-37-40-43-46-49-52-55-61(64)67-58-59(57-66-60(63)54-51-48-45-42-39-36-33-27-24-21-18-15-12-9-6-3)68-62(65)56-53-50-47-44-41-38-35-31-29-26-23-20-17-14-11-8-5-2/h9-10,12-13,15-16,18-19,21-22,24-25,27-28,30,32-34,36,39,59H,4-8,11,14,17,20,23,26,29,31,35,37-38,40-58H2,1-3H3/b12-9-,13-10-,18-15-,19-16-,24-21-,25-22-,30-28-,33-27-,34-32-,39-36-. The summed E-state index contributed by atoms with van der Waals surface area (Å²) in [5.74, 6) is -0.972. The second kappa shape index (κ2) is 55.4. The maximum Gasteiger partial charge on any atom is 0.306 e. The van der Waals surface area contributed by atoms with Gasteiger partial charge in [0.05, 0.1) is 0 Å². The van der Waals surface area contributed by atoms with Crippen molar-refractivity contribution >= 4 is 17.9 Å². The number of esters is 3. The SMILES string of the molecule is CC\C=C/C=C\C=C/C=C\C=C/CCCCCC(=O)OCC(COC(=O)CCCCCCC\C=C/C=C\C=C/C=C\C=C/CCC)OC(=O)CCCCCCCCCCCCCCCCCCC. The molecule has 0 aromatic carbocycles. The number of hydrogen-bond donors (Lipinski definition) is 0. The highest BCUT2D eigenvalue weighted by atomic mass is 16.6. The van der Waals surface area contributed by atoms with Gasteiger partial charge in [0.1, 0.15) is 13.2 Å². The van der Waals surface area contributed by atoms with Gasteiger partial charge in [-0.1, -0.05) is 277 Å². The molecule has 0 rings (SSSR count). The van der Waals surface area contributed by atoms with E-state index in [1.807, 2.05) is 72.9 Å². The minimum atomic E-state index is -0.809. The van der Waals surface area contributed by atoms with E-state index in [-0.39, 0.29) is 31.1 Å². The smallest absolute Gasteiger partial charge is 0.306 e. The molecular formula is C62H100O6. The Kier molecular flexibility index (Phi) is 52.0. The topological polar surface area (TPSA) is 78.9 Å². The van der Waals surface area contributed by atoms with E-state index < -0.39 is 6.10 Å². The van der Waals surface area contributed by atoms with Crippen molar-refractivity contribution < 1.29 is 28.6 Å². The zero-order valence-electron chi connectivity index (χ0n) is 43.8. The second-order valence-electron chi connectivity index (χ2n) is 18.0. The van der Waals surface area contributed by atoms with E-state index in [0.29, 0.717) is 19.3 Å². The van der Waals surface area contributed by atoms with E-state index in [1.54, 1.807) is 0 Å². The van der Waals surface area contributed by atoms with E-state index in [2.05, 4.69) is 69.4 Å². The molecule has 0 fully saturated rings. The Morgan fingerprint density at radius 3 is 0.971 bits per heavy atom. The van der Waals surface area contributed by atoms with Crippen LogP contribution in [0.2, 0.25) is 0 Å². The van der Waals surface area contributed by atoms with Gasteiger partial charge < -0.3 is 14.2 Å². The van der Waals surface area contributed by atoms with Crippen LogP contribution >= 0.6 is 0 Å². The summed E-state index contributed by atoms with van der Waals surface area (Å²) in [6.45, 7) is 6.35. The van der Waals surface area contributed by atoms with Crippen LogP contribution in [-0.2, 0) is 28.6 Å². The summed E-state index contributed by atoms with van der Waals surface area (Å²) in [4.78, 5) is 38.1. The fourth-order valence-electron chi connectivity index (χ4n) is 7.32. The zero-order chi connectivity index (χ0) is 49.3. The van der Waals surface area contributed by atoms with Crippen molar-refractivity contribution in [1.29, 1.82) is 0 Å². The molecule has 0 aromatic rings. The first-order chi connectivity index (χ1) is 33.5. The van der Waals surface area contributed by atoms with E-state index in [9.17, 15) is 14.4 Å². The van der Waals surface area contributed by atoms with Gasteiger partial charge >= 0.3 is 17.9 Å². The third-order valence-corrected chi connectivity index (χ3v) is 11.4. The zero-order valence-corrected chi connectivity index (χ0v) is 43.8. The van der Waals surface area contributed by atoms with Gasteiger partial charge in [-0.3, -0.25) is 14.4 Å². The first kappa shape index (κ1) is 63.8. The van der Waals surface area contributed by atoms with Crippen LogP contribution < -0.4 is 0 Å². The van der Waals surface area contributed by atoms with Crippen molar-refractivity contribution in [2.45, 2.75) is 239 Å². The van der Waals surface area contributed by atoms with Gasteiger partial charge in [-0.25, -0.2) is 0 Å². The first-order valence-corrected chi connectivity index (χ1v) is 27.7. The molecule has 0 radical (unpaired) electrons. The summed E-state index contributed by atoms with van der Waals surface area (Å²) in [5.41, 5.74) is 0. The number of allylic oxidation sites excluding steroid dienone is 20. The van der Waals surface area contributed by atoms with Crippen molar-refractivity contribution in [2.24, 2.45) is 0 Å². The average molecular weight is 941 g/mol. The largest absolute Gasteiger partial charge is 0.462 e. The Labute approximate surface area is 418 Å². The highest BCUT2D eigenvalue weighted by Gasteiger charge is 2.19. The van der Waals surface area contributed by atoms with Crippen molar-refractivity contribution in [1.82, 2.24) is 0 Å². The van der Waals surface area contributed by atoms with Crippen molar-refractivity contribution in [3.05, 3.63) is 122 Å². The number of carbonyl (C=O) groups excluding carboxylic acids is 3. The van der Waals surface area contributed by atoms with Gasteiger partial charge in [-0.15, -0.1) is 0 Å². The van der Waals surface area contributed by atoms with Gasteiger partial charge in [0.15, 0.2) is 6.10 Å². The predicted octanol–water partition coefficient (Wildman–Crippen LogP) is 18.5. The molecule has 0 amide bonds. The molecule has 68 heavy (non-hydrogen) atoms. The molecule has 6 nitrogen and oxygen atoms in total. The predicted molar refractivity (Wildman–Crippen MR) is 293 cm³/mol. The van der Waals surface area contributed by atoms with Crippen LogP contribution in [0.1, 0.15) is 233 Å². The molecule has 1 atom stereocenters. The van der Waals surface area contributed by atoms with E-state index in [4.69, 9.17) is 14.2 Å². The molecule has 0 heterocycles. The van der Waals surface area contributed by atoms with E-state index >= 15 is 0 Å². The summed E-state index contributed by atoms with van der Waals surface area (Å²) in [7, 11) is 0. The van der Waals surface area contributed by atoms with Crippen LogP contribution in [0.4, 0.5) is 0 Å². The summed E-state index contributed by atoms with van der Waals surface area (Å²) in [6.07, 6.45) is 76.0. The van der Waals surface area contributed by atoms with Gasteiger partial charge in [-0.05, 0) is 57.8 Å². The molecule has 0 aliphatic heterocycles. The van der Waals surface area contributed by atoms with Gasteiger partial charge in [-0.2, -0.15) is 0 Å². The summed E-state index contributed by atoms with van der Waals surface area (Å²) < 4.78 is 16.8. The molecule has 0 saturated carbocycles. The lowest BCUT2D eigenvalue weighted by Crippen LogP contribution is -2.30. The maximum absolute atomic E-state index is 12.9. The van der Waals surface area contributed by atoms with Crippen LogP contribution in [0, 0.1) is 0 Å². The highest BCUT2D eigenvalue weighted by molar-refractivity contribution is 5.71. The molecule has 0 saturated heterocycles. The molecule has 6 heteroatoms. The molecule has 0 N–H and O–H groups in total. The Morgan fingerprint density at radius 2 is 0.603 bits per heavy atom. The third-order valence-electron chi connectivity index (χ3n) is 11.4. The lowest BCUT2D eigenvalue weighted by molar-refractivity contribution is -0.167. The fraction of sp³-hybridized carbons (Fsp3) is 0.629. The number of carbonyl (C=O) groups is 3. The van der Waals surface area contributed by atoms with Crippen LogP contribution in [0.15, 0.2) is 122 Å². The minimum Gasteiger partial charge on any atom is -0.462 e. The monoisotopic (exact) mass is 941 g/mol. The molecule has 0 aromatic heterocycles. The van der Waals surface area contributed by atoms with E-state index in [1.165, 1.54) is 96.3 Å².